The van der Waals surface area contributed by atoms with Gasteiger partial charge in [0, 0.05) is 88.7 Å². The third-order valence-corrected chi connectivity index (χ3v) is 10.6. The first kappa shape index (κ1) is 37.5. The van der Waals surface area contributed by atoms with Crippen LogP contribution in [0.2, 0.25) is 0 Å². The van der Waals surface area contributed by atoms with Gasteiger partial charge in [0.1, 0.15) is 23.6 Å². The van der Waals surface area contributed by atoms with Gasteiger partial charge in [0.2, 0.25) is 5.91 Å². The van der Waals surface area contributed by atoms with Crippen molar-refractivity contribution < 1.29 is 41.8 Å². The van der Waals surface area contributed by atoms with Crippen molar-refractivity contribution in [2.24, 2.45) is 11.8 Å². The van der Waals surface area contributed by atoms with E-state index in [1.54, 1.807) is 11.1 Å². The average Bonchev–Trinajstić information content (AvgIpc) is 3.89. The SMILES string of the molecule is O=C(CCN1C(=O)C=CC1=O)N1CCO[C@@H](C(=O)N(C[C@@H]2CNC[C@@H]2F)C(c2nc(-c3cc(F)ccc3F)cn2Cc2ccccc2)C2CCOCC2)C1. The maximum Gasteiger partial charge on any atom is 0.254 e. The Morgan fingerprint density at radius 3 is 2.48 bits per heavy atom. The number of rotatable bonds is 12. The number of imidazole rings is 1. The number of morpholine rings is 1. The van der Waals surface area contributed by atoms with Crippen LogP contribution in [0.3, 0.4) is 0 Å². The van der Waals surface area contributed by atoms with Gasteiger partial charge in [-0.15, -0.1) is 0 Å². The monoisotopic (exact) mass is 748 g/mol. The normalized spacial score (nSPS) is 22.6. The van der Waals surface area contributed by atoms with Crippen molar-refractivity contribution in [3.63, 3.8) is 0 Å². The predicted molar refractivity (Wildman–Crippen MR) is 189 cm³/mol. The van der Waals surface area contributed by atoms with Gasteiger partial charge >= 0.3 is 0 Å². The van der Waals surface area contributed by atoms with Crippen LogP contribution < -0.4 is 5.32 Å². The molecule has 0 saturated carbocycles. The van der Waals surface area contributed by atoms with Crippen molar-refractivity contribution in [3.8, 4) is 11.3 Å². The van der Waals surface area contributed by atoms with Crippen LogP contribution in [0.4, 0.5) is 13.2 Å². The molecule has 3 fully saturated rings. The van der Waals surface area contributed by atoms with Gasteiger partial charge in [-0.25, -0.2) is 18.2 Å². The Balaban J connectivity index is 1.25. The largest absolute Gasteiger partial charge is 0.381 e. The summed E-state index contributed by atoms with van der Waals surface area (Å²) in [5.41, 5.74) is 1.06. The number of nitrogens with zero attached hydrogens (tertiary/aromatic N) is 5. The molecular formula is C39H43F3N6O6. The number of hydrogen-bond acceptors (Lipinski definition) is 8. The molecule has 12 nitrogen and oxygen atoms in total. The number of amides is 4. The van der Waals surface area contributed by atoms with Gasteiger partial charge in [-0.2, -0.15) is 0 Å². The van der Waals surface area contributed by atoms with E-state index in [1.165, 1.54) is 4.90 Å². The lowest BCUT2D eigenvalue weighted by atomic mass is 9.88. The minimum atomic E-state index is -1.23. The molecule has 0 aliphatic carbocycles. The Bertz CT molecular complexity index is 1870. The maximum absolute atomic E-state index is 15.4. The molecule has 4 aliphatic heterocycles. The standard InChI is InChI=1S/C39H43F3N6O6/c40-28-6-7-30(41)29(18-28)32-23-46(21-25-4-2-1-3-5-25)38(44-32)37(26-11-15-53-16-12-26)48(22-27-19-43-20-31(27)42)39(52)33-24-45(14-17-54-33)34(49)10-13-47-35(50)8-9-36(47)51/h1-9,18,23,26-27,31,33,37,43H,10-17,19-22,24H2/t27-,31-,33+,37?/m0/s1. The number of halogens is 3. The van der Waals surface area contributed by atoms with Crippen molar-refractivity contribution in [1.29, 1.82) is 0 Å². The van der Waals surface area contributed by atoms with E-state index < -0.39 is 53.6 Å². The van der Waals surface area contributed by atoms with E-state index >= 15 is 8.78 Å². The van der Waals surface area contributed by atoms with Gasteiger partial charge in [-0.1, -0.05) is 30.3 Å². The number of ether oxygens (including phenoxy) is 2. The van der Waals surface area contributed by atoms with E-state index in [9.17, 15) is 23.6 Å². The Hall–Kier alpha value is -4.86. The molecule has 1 aromatic heterocycles. The van der Waals surface area contributed by atoms with Crippen LogP contribution in [0, 0.1) is 23.5 Å². The van der Waals surface area contributed by atoms with Gasteiger partial charge in [0.15, 0.2) is 6.10 Å². The number of alkyl halides is 1. The smallest absolute Gasteiger partial charge is 0.254 e. The van der Waals surface area contributed by atoms with Gasteiger partial charge < -0.3 is 29.2 Å². The fourth-order valence-corrected chi connectivity index (χ4v) is 7.73. The molecule has 15 heteroatoms. The van der Waals surface area contributed by atoms with Crippen molar-refractivity contribution in [2.45, 2.75) is 44.1 Å². The van der Waals surface area contributed by atoms with Gasteiger partial charge in [-0.3, -0.25) is 24.1 Å². The number of hydrogen-bond donors (Lipinski definition) is 1. The molecule has 3 aromatic rings. The Kier molecular flexibility index (Phi) is 11.6. The van der Waals surface area contributed by atoms with E-state index in [0.717, 1.165) is 40.8 Å². The minimum Gasteiger partial charge on any atom is -0.381 e. The molecule has 1 N–H and O–H groups in total. The van der Waals surface area contributed by atoms with Gasteiger partial charge in [0.25, 0.3) is 17.7 Å². The molecular weight excluding hydrogens is 705 g/mol. The first-order valence-electron chi connectivity index (χ1n) is 18.4. The number of aromatic nitrogens is 2. The summed E-state index contributed by atoms with van der Waals surface area (Å²) in [4.78, 5) is 61.5. The number of benzene rings is 2. The first-order chi connectivity index (χ1) is 26.2. The van der Waals surface area contributed by atoms with Crippen molar-refractivity contribution in [2.75, 3.05) is 59.1 Å². The molecule has 286 valence electrons. The number of carbonyl (C=O) groups excluding carboxylic acids is 4. The van der Waals surface area contributed by atoms with Crippen molar-refractivity contribution >= 4 is 23.6 Å². The highest BCUT2D eigenvalue weighted by Gasteiger charge is 2.43. The van der Waals surface area contributed by atoms with Crippen molar-refractivity contribution in [3.05, 3.63) is 89.9 Å². The van der Waals surface area contributed by atoms with Crippen LogP contribution in [0.5, 0.6) is 0 Å². The van der Waals surface area contributed by atoms with Crippen LogP contribution in [0.25, 0.3) is 11.3 Å². The summed E-state index contributed by atoms with van der Waals surface area (Å²) in [5.74, 6) is -3.40. The van der Waals surface area contributed by atoms with E-state index in [0.29, 0.717) is 45.0 Å². The van der Waals surface area contributed by atoms with Gasteiger partial charge in [0.05, 0.1) is 24.9 Å². The zero-order valence-corrected chi connectivity index (χ0v) is 29.7. The molecule has 5 heterocycles. The predicted octanol–water partition coefficient (Wildman–Crippen LogP) is 3.27. The molecule has 4 amide bonds. The van der Waals surface area contributed by atoms with E-state index in [2.05, 4.69) is 5.32 Å². The molecule has 4 aliphatic rings. The van der Waals surface area contributed by atoms with Crippen LogP contribution in [0.1, 0.15) is 36.7 Å². The quantitative estimate of drug-likeness (QED) is 0.280. The van der Waals surface area contributed by atoms with E-state index in [1.807, 2.05) is 34.9 Å². The number of imide groups is 1. The molecule has 7 rings (SSSR count). The van der Waals surface area contributed by atoms with Crippen LogP contribution in [-0.2, 0) is 35.2 Å². The summed E-state index contributed by atoms with van der Waals surface area (Å²) in [6.45, 7) is 1.71. The lowest BCUT2D eigenvalue weighted by Crippen LogP contribution is -2.55. The number of nitrogens with one attached hydrogen (secondary N) is 1. The van der Waals surface area contributed by atoms with Crippen molar-refractivity contribution in [1.82, 2.24) is 29.6 Å². The summed E-state index contributed by atoms with van der Waals surface area (Å²) in [6, 6.07) is 12.0. The molecule has 3 saturated heterocycles. The van der Waals surface area contributed by atoms with E-state index in [-0.39, 0.29) is 68.8 Å². The second-order valence-corrected chi connectivity index (χ2v) is 14.2. The summed E-state index contributed by atoms with van der Waals surface area (Å²) in [6.07, 6.45) is 2.62. The van der Waals surface area contributed by atoms with Crippen LogP contribution in [0.15, 0.2) is 66.9 Å². The lowest BCUT2D eigenvalue weighted by molar-refractivity contribution is -0.159. The summed E-state index contributed by atoms with van der Waals surface area (Å²) >= 11 is 0. The fraction of sp³-hybridized carbons (Fsp3) is 0.462. The Morgan fingerprint density at radius 2 is 1.76 bits per heavy atom. The first-order valence-corrected chi connectivity index (χ1v) is 18.4. The number of carbonyl (C=O) groups is 4. The third kappa shape index (κ3) is 8.27. The summed E-state index contributed by atoms with van der Waals surface area (Å²) in [5, 5.41) is 3.08. The maximum atomic E-state index is 15.4. The molecule has 1 unspecified atom stereocenters. The van der Waals surface area contributed by atoms with E-state index in [4.69, 9.17) is 14.5 Å². The second-order valence-electron chi connectivity index (χ2n) is 14.2. The zero-order valence-electron chi connectivity index (χ0n) is 29.7. The highest BCUT2D eigenvalue weighted by Crippen LogP contribution is 2.39. The zero-order chi connectivity index (χ0) is 37.8. The highest BCUT2D eigenvalue weighted by atomic mass is 19.1. The molecule has 2 aromatic carbocycles. The lowest BCUT2D eigenvalue weighted by Gasteiger charge is -2.42. The molecule has 0 radical (unpaired) electrons. The highest BCUT2D eigenvalue weighted by molar-refractivity contribution is 6.13. The molecule has 4 atom stereocenters. The second kappa shape index (κ2) is 16.7. The average molecular weight is 749 g/mol. The third-order valence-electron chi connectivity index (χ3n) is 10.6. The van der Waals surface area contributed by atoms with Gasteiger partial charge in [-0.05, 0) is 42.5 Å². The van der Waals surface area contributed by atoms with Crippen LogP contribution in [-0.4, -0.2) is 119 Å². The molecule has 0 spiro atoms. The minimum absolute atomic E-state index is 0.0108. The Morgan fingerprint density at radius 1 is 1.00 bits per heavy atom. The molecule has 0 bridgehead atoms. The molecule has 54 heavy (non-hydrogen) atoms. The Labute approximate surface area is 310 Å². The van der Waals surface area contributed by atoms with Crippen LogP contribution >= 0.6 is 0 Å². The fourth-order valence-electron chi connectivity index (χ4n) is 7.73. The summed E-state index contributed by atoms with van der Waals surface area (Å²) in [7, 11) is 0. The topological polar surface area (TPSA) is 126 Å². The summed E-state index contributed by atoms with van der Waals surface area (Å²) < 4.78 is 58.8.